The Hall–Kier alpha value is -1.42. The van der Waals surface area contributed by atoms with E-state index in [4.69, 9.17) is 21.1 Å². The van der Waals surface area contributed by atoms with Gasteiger partial charge in [0.25, 0.3) is 0 Å². The lowest BCUT2D eigenvalue weighted by molar-refractivity contribution is -0.154. The highest BCUT2D eigenvalue weighted by molar-refractivity contribution is 6.32. The molecule has 112 valence electrons. The van der Waals surface area contributed by atoms with Crippen molar-refractivity contribution in [1.82, 2.24) is 0 Å². The van der Waals surface area contributed by atoms with Crippen LogP contribution in [0.5, 0.6) is 11.5 Å². The number of carbonyl (C=O) groups is 1. The molecule has 0 saturated heterocycles. The van der Waals surface area contributed by atoms with E-state index >= 15 is 0 Å². The minimum atomic E-state index is -1.26. The molecule has 0 bridgehead atoms. The summed E-state index contributed by atoms with van der Waals surface area (Å²) in [4.78, 5) is 11.2. The first-order valence-electron chi connectivity index (χ1n) is 6.77. The van der Waals surface area contributed by atoms with Crippen molar-refractivity contribution in [3.8, 4) is 11.5 Å². The van der Waals surface area contributed by atoms with Crippen molar-refractivity contribution in [2.75, 3.05) is 6.61 Å². The minimum absolute atomic E-state index is 0.358. The summed E-state index contributed by atoms with van der Waals surface area (Å²) >= 11 is 6.05. The van der Waals surface area contributed by atoms with Crippen LogP contribution < -0.4 is 9.47 Å². The molecule has 0 saturated carbocycles. The van der Waals surface area contributed by atoms with Gasteiger partial charge in [-0.25, -0.2) is 4.79 Å². The third-order valence-electron chi connectivity index (χ3n) is 3.13. The molecule has 1 aromatic rings. The van der Waals surface area contributed by atoms with Crippen LogP contribution >= 0.6 is 11.6 Å². The lowest BCUT2D eigenvalue weighted by atomic mass is 10.0. The maximum absolute atomic E-state index is 11.2. The average molecular weight is 301 g/mol. The molecule has 1 N–H and O–H groups in total. The topological polar surface area (TPSA) is 55.8 Å². The second-order valence-electron chi connectivity index (χ2n) is 4.79. The van der Waals surface area contributed by atoms with E-state index in [1.807, 2.05) is 0 Å². The number of benzene rings is 1. The first kappa shape index (κ1) is 16.6. The van der Waals surface area contributed by atoms with Crippen LogP contribution in [0.2, 0.25) is 5.02 Å². The summed E-state index contributed by atoms with van der Waals surface area (Å²) in [5.74, 6) is -0.0440. The fraction of sp³-hybridized carbons (Fsp3) is 0.533. The zero-order valence-corrected chi connectivity index (χ0v) is 12.9. The molecule has 1 rings (SSSR count). The first-order valence-corrected chi connectivity index (χ1v) is 7.15. The van der Waals surface area contributed by atoms with Crippen molar-refractivity contribution >= 4 is 17.6 Å². The Kier molecular flexibility index (Phi) is 6.14. The first-order chi connectivity index (χ1) is 9.42. The van der Waals surface area contributed by atoms with E-state index < -0.39 is 11.6 Å². The molecule has 0 aliphatic rings. The van der Waals surface area contributed by atoms with Gasteiger partial charge in [-0.15, -0.1) is 0 Å². The van der Waals surface area contributed by atoms with Crippen LogP contribution in [-0.4, -0.2) is 23.3 Å². The largest absolute Gasteiger partial charge is 0.492 e. The van der Waals surface area contributed by atoms with Gasteiger partial charge in [0.1, 0.15) is 11.5 Å². The van der Waals surface area contributed by atoms with Gasteiger partial charge in [0, 0.05) is 6.07 Å². The Labute approximate surface area is 124 Å². The van der Waals surface area contributed by atoms with Crippen molar-refractivity contribution in [3.63, 3.8) is 0 Å². The van der Waals surface area contributed by atoms with Gasteiger partial charge in [-0.1, -0.05) is 31.9 Å². The molecule has 0 heterocycles. The number of halogens is 1. The maximum atomic E-state index is 11.2. The van der Waals surface area contributed by atoms with Crippen molar-refractivity contribution in [3.05, 3.63) is 23.2 Å². The third kappa shape index (κ3) is 4.30. The SMILES string of the molecule is CCCCOc1cc(OC(C)(CC)C(=O)O)ccc1Cl. The molecule has 0 fully saturated rings. The van der Waals surface area contributed by atoms with Gasteiger partial charge in [0.2, 0.25) is 5.60 Å². The molecule has 0 amide bonds. The van der Waals surface area contributed by atoms with Crippen LogP contribution in [0.1, 0.15) is 40.0 Å². The minimum Gasteiger partial charge on any atom is -0.492 e. The summed E-state index contributed by atoms with van der Waals surface area (Å²) in [5, 5.41) is 9.70. The summed E-state index contributed by atoms with van der Waals surface area (Å²) in [6.07, 6.45) is 2.32. The molecule has 20 heavy (non-hydrogen) atoms. The quantitative estimate of drug-likeness (QED) is 0.733. The molecule has 4 nitrogen and oxygen atoms in total. The molecule has 1 unspecified atom stereocenters. The normalized spacial score (nSPS) is 13.6. The van der Waals surface area contributed by atoms with Crippen LogP contribution in [0.4, 0.5) is 0 Å². The predicted octanol–water partition coefficient (Wildman–Crippen LogP) is 4.15. The highest BCUT2D eigenvalue weighted by Crippen LogP contribution is 2.31. The van der Waals surface area contributed by atoms with Gasteiger partial charge in [0.15, 0.2) is 0 Å². The fourth-order valence-electron chi connectivity index (χ4n) is 1.51. The lowest BCUT2D eigenvalue weighted by Gasteiger charge is -2.25. The summed E-state index contributed by atoms with van der Waals surface area (Å²) in [6, 6.07) is 4.93. The average Bonchev–Trinajstić information content (AvgIpc) is 2.42. The van der Waals surface area contributed by atoms with Crippen molar-refractivity contribution in [1.29, 1.82) is 0 Å². The van der Waals surface area contributed by atoms with Crippen LogP contribution in [0.15, 0.2) is 18.2 Å². The zero-order valence-electron chi connectivity index (χ0n) is 12.1. The van der Waals surface area contributed by atoms with E-state index in [1.165, 1.54) is 0 Å². The van der Waals surface area contributed by atoms with Crippen LogP contribution in [0.3, 0.4) is 0 Å². The van der Waals surface area contributed by atoms with Gasteiger partial charge in [-0.2, -0.15) is 0 Å². The maximum Gasteiger partial charge on any atom is 0.347 e. The standard InChI is InChI=1S/C15H21ClO4/c1-4-6-9-19-13-10-11(7-8-12(13)16)20-15(3,5-2)14(17)18/h7-8,10H,4-6,9H2,1-3H3,(H,17,18). The molecule has 0 aromatic heterocycles. The van der Waals surface area contributed by atoms with Crippen molar-refractivity contribution < 1.29 is 19.4 Å². The molecule has 1 aromatic carbocycles. The Morgan fingerprint density at radius 1 is 1.40 bits per heavy atom. The number of aliphatic carboxylic acids is 1. The Bertz CT molecular complexity index is 461. The highest BCUT2D eigenvalue weighted by Gasteiger charge is 2.33. The smallest absolute Gasteiger partial charge is 0.347 e. The summed E-state index contributed by atoms with van der Waals surface area (Å²) < 4.78 is 11.1. The summed E-state index contributed by atoms with van der Waals surface area (Å²) in [7, 11) is 0. The Morgan fingerprint density at radius 2 is 2.10 bits per heavy atom. The fourth-order valence-corrected chi connectivity index (χ4v) is 1.68. The number of unbranched alkanes of at least 4 members (excludes halogenated alkanes) is 1. The van der Waals surface area contributed by atoms with E-state index in [1.54, 1.807) is 32.0 Å². The predicted molar refractivity (Wildman–Crippen MR) is 78.8 cm³/mol. The van der Waals surface area contributed by atoms with E-state index in [9.17, 15) is 9.90 Å². The summed E-state index contributed by atoms with van der Waals surface area (Å²) in [5.41, 5.74) is -1.26. The van der Waals surface area contributed by atoms with Crippen LogP contribution in [0.25, 0.3) is 0 Å². The third-order valence-corrected chi connectivity index (χ3v) is 3.44. The van der Waals surface area contributed by atoms with Gasteiger partial charge < -0.3 is 14.6 Å². The monoisotopic (exact) mass is 300 g/mol. The van der Waals surface area contributed by atoms with Crippen molar-refractivity contribution in [2.24, 2.45) is 0 Å². The molecule has 0 aliphatic carbocycles. The van der Waals surface area contributed by atoms with E-state index in [0.717, 1.165) is 12.8 Å². The molecule has 0 aliphatic heterocycles. The van der Waals surface area contributed by atoms with Gasteiger partial charge in [-0.3, -0.25) is 0 Å². The lowest BCUT2D eigenvalue weighted by Crippen LogP contribution is -2.40. The number of ether oxygens (including phenoxy) is 2. The van der Waals surface area contributed by atoms with E-state index in [2.05, 4.69) is 6.92 Å². The number of carboxylic acid groups (broad SMARTS) is 1. The second-order valence-corrected chi connectivity index (χ2v) is 5.19. The number of hydrogen-bond donors (Lipinski definition) is 1. The molecule has 5 heteroatoms. The Balaban J connectivity index is 2.86. The van der Waals surface area contributed by atoms with E-state index in [0.29, 0.717) is 29.5 Å². The zero-order chi connectivity index (χ0) is 15.2. The number of carboxylic acids is 1. The van der Waals surface area contributed by atoms with Gasteiger partial charge in [0.05, 0.1) is 11.6 Å². The highest BCUT2D eigenvalue weighted by atomic mass is 35.5. The molecule has 1 atom stereocenters. The van der Waals surface area contributed by atoms with Crippen LogP contribution in [-0.2, 0) is 4.79 Å². The van der Waals surface area contributed by atoms with Gasteiger partial charge >= 0.3 is 5.97 Å². The van der Waals surface area contributed by atoms with Gasteiger partial charge in [-0.05, 0) is 31.9 Å². The number of rotatable bonds is 8. The Morgan fingerprint density at radius 3 is 2.65 bits per heavy atom. The molecular formula is C15H21ClO4. The van der Waals surface area contributed by atoms with E-state index in [-0.39, 0.29) is 0 Å². The number of hydrogen-bond acceptors (Lipinski definition) is 3. The van der Waals surface area contributed by atoms with Crippen LogP contribution in [0, 0.1) is 0 Å². The second kappa shape index (κ2) is 7.39. The van der Waals surface area contributed by atoms with Crippen molar-refractivity contribution in [2.45, 2.75) is 45.6 Å². The molecule has 0 spiro atoms. The molecule has 0 radical (unpaired) electrons. The summed E-state index contributed by atoms with van der Waals surface area (Å²) in [6.45, 7) is 5.96. The molecular weight excluding hydrogens is 280 g/mol.